The van der Waals surface area contributed by atoms with E-state index in [4.69, 9.17) is 4.74 Å². The van der Waals surface area contributed by atoms with Gasteiger partial charge in [-0.2, -0.15) is 0 Å². The van der Waals surface area contributed by atoms with E-state index < -0.39 is 0 Å². The molecule has 0 aliphatic rings. The molecule has 34 heavy (non-hydrogen) atoms. The molecule has 0 atom stereocenters. The number of Topliss-reactive ketones (excluding diaryl/α,β-unsaturated/α-hetero) is 1. The molecular formula is C30H33NO3. The molecule has 0 radical (unpaired) electrons. The normalized spacial score (nSPS) is 10.3. The molecular weight excluding hydrogens is 422 g/mol. The van der Waals surface area contributed by atoms with Gasteiger partial charge in [-0.25, -0.2) is 0 Å². The van der Waals surface area contributed by atoms with Crippen molar-refractivity contribution in [1.29, 1.82) is 0 Å². The molecule has 4 heteroatoms. The zero-order valence-corrected chi connectivity index (χ0v) is 20.6. The third-order valence-corrected chi connectivity index (χ3v) is 4.78. The van der Waals surface area contributed by atoms with Crippen LogP contribution in [0, 0.1) is 19.8 Å². The number of carbonyl (C=O) groups is 2. The van der Waals surface area contributed by atoms with Crippen molar-refractivity contribution in [2.75, 3.05) is 5.32 Å². The van der Waals surface area contributed by atoms with E-state index in [1.807, 2.05) is 93.6 Å². The lowest BCUT2D eigenvalue weighted by molar-refractivity contribution is -0.113. The fourth-order valence-corrected chi connectivity index (χ4v) is 2.99. The van der Waals surface area contributed by atoms with Crippen LogP contribution in [-0.2, 0) is 16.1 Å². The van der Waals surface area contributed by atoms with Gasteiger partial charge in [0.25, 0.3) is 5.91 Å². The van der Waals surface area contributed by atoms with Crippen LogP contribution in [0.15, 0.2) is 84.4 Å². The number of ether oxygens (including phenoxy) is 1. The molecule has 0 heterocycles. The van der Waals surface area contributed by atoms with E-state index in [0.29, 0.717) is 29.2 Å². The second kappa shape index (κ2) is 14.9. The summed E-state index contributed by atoms with van der Waals surface area (Å²) in [6, 6.07) is 24.5. The number of nitrogens with one attached hydrogen (secondary N) is 1. The lowest BCUT2D eigenvalue weighted by atomic mass is 10.1. The van der Waals surface area contributed by atoms with Gasteiger partial charge in [-0.15, -0.1) is 12.8 Å². The number of allylic oxidation sites excluding steroid dienone is 1. The van der Waals surface area contributed by atoms with Gasteiger partial charge in [0.1, 0.15) is 12.4 Å². The molecule has 0 spiro atoms. The highest BCUT2D eigenvalue weighted by Crippen LogP contribution is 2.24. The summed E-state index contributed by atoms with van der Waals surface area (Å²) in [5, 5.41) is 2.90. The van der Waals surface area contributed by atoms with Crippen LogP contribution in [0.4, 0.5) is 5.69 Å². The number of amides is 1. The second-order valence-corrected chi connectivity index (χ2v) is 7.19. The van der Waals surface area contributed by atoms with Crippen molar-refractivity contribution in [3.8, 4) is 12.8 Å². The lowest BCUT2D eigenvalue weighted by Crippen LogP contribution is -2.12. The minimum absolute atomic E-state index is 0.0464. The van der Waals surface area contributed by atoms with Crippen molar-refractivity contribution < 1.29 is 14.3 Å². The Bertz CT molecular complexity index is 1110. The molecule has 0 unspecified atom stereocenters. The van der Waals surface area contributed by atoms with Crippen molar-refractivity contribution in [1.82, 2.24) is 0 Å². The van der Waals surface area contributed by atoms with Crippen LogP contribution < -0.4 is 5.32 Å². The summed E-state index contributed by atoms with van der Waals surface area (Å²) in [4.78, 5) is 24.4. The molecule has 0 saturated carbocycles. The molecule has 0 fully saturated rings. The fourth-order valence-electron chi connectivity index (χ4n) is 2.99. The van der Waals surface area contributed by atoms with Gasteiger partial charge in [0, 0.05) is 22.4 Å². The maximum absolute atomic E-state index is 12.5. The number of carbonyl (C=O) groups excluding carboxylic acids is 2. The topological polar surface area (TPSA) is 55.4 Å². The number of hydrogen-bond donors (Lipinski definition) is 1. The van der Waals surface area contributed by atoms with Crippen molar-refractivity contribution in [2.45, 2.75) is 41.2 Å². The standard InChI is InChI=1S/C26H25NO3.C2H6.C2H2/c1-18-8-7-11-23(16-18)26(29)27-24-14-12-22(13-15-24)25(19(2)20(3)28)30-17-21-9-5-4-6-10-21;2*1-2/h4-16H,17H2,1-3H3,(H,27,29);1-2H3;1-2H/b25-19+;;. The highest BCUT2D eigenvalue weighted by Gasteiger charge is 2.13. The fraction of sp³-hybridized carbons (Fsp3) is 0.200. The molecule has 0 saturated heterocycles. The number of terminal acetylenes is 1. The number of hydrogen-bond acceptors (Lipinski definition) is 3. The number of rotatable bonds is 7. The number of aryl methyl sites for hydroxylation is 1. The first-order chi connectivity index (χ1) is 16.4. The van der Waals surface area contributed by atoms with E-state index in [0.717, 1.165) is 16.7 Å². The Morgan fingerprint density at radius 2 is 1.44 bits per heavy atom. The quantitative estimate of drug-likeness (QED) is 0.236. The third-order valence-electron chi connectivity index (χ3n) is 4.78. The molecule has 3 rings (SSSR count). The van der Waals surface area contributed by atoms with Gasteiger partial charge in [-0.05, 0) is 62.7 Å². The van der Waals surface area contributed by atoms with Gasteiger partial charge >= 0.3 is 0 Å². The first-order valence-electron chi connectivity index (χ1n) is 11.1. The first-order valence-corrected chi connectivity index (χ1v) is 11.1. The molecule has 3 aromatic carbocycles. The van der Waals surface area contributed by atoms with Crippen LogP contribution in [0.3, 0.4) is 0 Å². The Hall–Kier alpha value is -4.10. The van der Waals surface area contributed by atoms with E-state index in [2.05, 4.69) is 18.2 Å². The maximum atomic E-state index is 12.5. The van der Waals surface area contributed by atoms with Gasteiger partial charge < -0.3 is 10.1 Å². The molecule has 3 aromatic rings. The van der Waals surface area contributed by atoms with Crippen LogP contribution in [0.2, 0.25) is 0 Å². The summed E-state index contributed by atoms with van der Waals surface area (Å²) < 4.78 is 6.01. The lowest BCUT2D eigenvalue weighted by Gasteiger charge is -2.14. The minimum Gasteiger partial charge on any atom is -0.488 e. The van der Waals surface area contributed by atoms with Crippen molar-refractivity contribution in [3.63, 3.8) is 0 Å². The Balaban J connectivity index is 0.00000137. The third kappa shape index (κ3) is 8.44. The summed E-state index contributed by atoms with van der Waals surface area (Å²) in [6.07, 6.45) is 8.00. The Morgan fingerprint density at radius 3 is 2.00 bits per heavy atom. The van der Waals surface area contributed by atoms with E-state index in [9.17, 15) is 9.59 Å². The Kier molecular flexibility index (Phi) is 12.2. The number of anilines is 1. The minimum atomic E-state index is -0.164. The van der Waals surface area contributed by atoms with Gasteiger partial charge in [0.15, 0.2) is 5.78 Å². The summed E-state index contributed by atoms with van der Waals surface area (Å²) in [5.41, 5.74) is 4.68. The van der Waals surface area contributed by atoms with Gasteiger partial charge in [0.2, 0.25) is 0 Å². The van der Waals surface area contributed by atoms with Crippen molar-refractivity contribution >= 4 is 23.1 Å². The van der Waals surface area contributed by atoms with E-state index in [1.54, 1.807) is 13.0 Å². The highest BCUT2D eigenvalue weighted by atomic mass is 16.5. The number of benzene rings is 3. The zero-order chi connectivity index (χ0) is 25.5. The van der Waals surface area contributed by atoms with E-state index in [-0.39, 0.29) is 11.7 Å². The molecule has 1 N–H and O–H groups in total. The predicted octanol–water partition coefficient (Wildman–Crippen LogP) is 7.06. The average molecular weight is 456 g/mol. The molecule has 4 nitrogen and oxygen atoms in total. The SMILES string of the molecule is C#C.CC.CC(=O)/C(C)=C(/OCc1ccccc1)c1ccc(NC(=O)c2cccc(C)c2)cc1. The van der Waals surface area contributed by atoms with E-state index in [1.165, 1.54) is 6.92 Å². The zero-order valence-electron chi connectivity index (χ0n) is 20.6. The Morgan fingerprint density at radius 1 is 0.824 bits per heavy atom. The predicted molar refractivity (Wildman–Crippen MR) is 141 cm³/mol. The molecule has 0 aromatic heterocycles. The summed E-state index contributed by atoms with van der Waals surface area (Å²) in [7, 11) is 0. The molecule has 0 aliphatic heterocycles. The molecule has 176 valence electrons. The monoisotopic (exact) mass is 455 g/mol. The van der Waals surface area contributed by atoms with Crippen LogP contribution in [0.5, 0.6) is 0 Å². The smallest absolute Gasteiger partial charge is 0.255 e. The van der Waals surface area contributed by atoms with Crippen LogP contribution >= 0.6 is 0 Å². The molecule has 0 aliphatic carbocycles. The van der Waals surface area contributed by atoms with E-state index >= 15 is 0 Å². The largest absolute Gasteiger partial charge is 0.488 e. The van der Waals surface area contributed by atoms with Crippen LogP contribution in [0.1, 0.15) is 54.7 Å². The van der Waals surface area contributed by atoms with Crippen LogP contribution in [-0.4, -0.2) is 11.7 Å². The van der Waals surface area contributed by atoms with Gasteiger partial charge in [-0.3, -0.25) is 9.59 Å². The van der Waals surface area contributed by atoms with Crippen LogP contribution in [0.25, 0.3) is 5.76 Å². The van der Waals surface area contributed by atoms with Gasteiger partial charge in [0.05, 0.1) is 0 Å². The Labute approximate surface area is 203 Å². The molecule has 0 bridgehead atoms. The molecule has 1 amide bonds. The second-order valence-electron chi connectivity index (χ2n) is 7.19. The summed E-state index contributed by atoms with van der Waals surface area (Å²) >= 11 is 0. The number of ketones is 1. The average Bonchev–Trinajstić information content (AvgIpc) is 2.88. The first kappa shape index (κ1) is 27.9. The summed E-state index contributed by atoms with van der Waals surface area (Å²) in [6.45, 7) is 9.60. The van der Waals surface area contributed by atoms with Crippen molar-refractivity contribution in [2.24, 2.45) is 0 Å². The van der Waals surface area contributed by atoms with Gasteiger partial charge in [-0.1, -0.05) is 61.9 Å². The highest BCUT2D eigenvalue weighted by molar-refractivity contribution is 6.04. The maximum Gasteiger partial charge on any atom is 0.255 e. The summed E-state index contributed by atoms with van der Waals surface area (Å²) in [5.74, 6) is 0.334. The van der Waals surface area contributed by atoms with Crippen molar-refractivity contribution in [3.05, 3.63) is 107 Å².